The number of aryl methyl sites for hydroxylation is 1. The number of benzene rings is 2. The Balaban J connectivity index is 0.00000140. The van der Waals surface area contributed by atoms with Crippen molar-refractivity contribution in [2.75, 3.05) is 0 Å². The van der Waals surface area contributed by atoms with Crippen LogP contribution in [0.1, 0.15) is 45.7 Å². The number of allylic oxidation sites excluding steroid dienone is 4. The van der Waals surface area contributed by atoms with Crippen molar-refractivity contribution >= 4 is 16.3 Å². The van der Waals surface area contributed by atoms with Crippen molar-refractivity contribution in [2.45, 2.75) is 41.5 Å². The van der Waals surface area contributed by atoms with Gasteiger partial charge >= 0.3 is 26.2 Å². The molecule has 29 heavy (non-hydrogen) atoms. The van der Waals surface area contributed by atoms with E-state index in [4.69, 9.17) is 0 Å². The van der Waals surface area contributed by atoms with Crippen molar-refractivity contribution in [3.8, 4) is 11.1 Å². The fourth-order valence-electron chi connectivity index (χ4n) is 4.77. The zero-order valence-corrected chi connectivity index (χ0v) is 21.7. The van der Waals surface area contributed by atoms with Gasteiger partial charge in [-0.25, -0.2) is 0 Å². The second kappa shape index (κ2) is 9.05. The Morgan fingerprint density at radius 3 is 1.93 bits per heavy atom. The summed E-state index contributed by atoms with van der Waals surface area (Å²) in [5.41, 5.74) is 11.4. The Labute approximate surface area is 197 Å². The first-order valence-electron chi connectivity index (χ1n) is 9.48. The van der Waals surface area contributed by atoms with Crippen LogP contribution in [0.5, 0.6) is 0 Å². The topological polar surface area (TPSA) is 0 Å². The summed E-state index contributed by atoms with van der Waals surface area (Å²) >= 11 is 0. The molecule has 0 saturated heterocycles. The average Bonchev–Trinajstić information content (AvgIpc) is 3.05. The van der Waals surface area contributed by atoms with Crippen LogP contribution in [0.3, 0.4) is 0 Å². The monoisotopic (exact) mass is 459 g/mol. The van der Waals surface area contributed by atoms with Crippen LogP contribution in [-0.4, -0.2) is 0 Å². The molecule has 0 N–H and O–H groups in total. The summed E-state index contributed by atoms with van der Waals surface area (Å²) in [7, 11) is 0. The van der Waals surface area contributed by atoms with Crippen molar-refractivity contribution in [1.82, 2.24) is 0 Å². The van der Waals surface area contributed by atoms with E-state index in [9.17, 15) is 0 Å². The SMILES string of the molecule is CC1=C(C)C(C)(C)C(c2cccc3[cH-]c(-c4ccccc4)c(C)c23)=C1C.[CH3-].[CH3-].[Zr+3]. The summed E-state index contributed by atoms with van der Waals surface area (Å²) in [6, 6.07) is 19.9. The third-order valence-corrected chi connectivity index (χ3v) is 6.59. The third-order valence-electron chi connectivity index (χ3n) is 6.59. The maximum Gasteiger partial charge on any atom is 3.00 e. The van der Waals surface area contributed by atoms with Crippen molar-refractivity contribution in [3.63, 3.8) is 0 Å². The molecule has 0 atom stereocenters. The maximum absolute atomic E-state index is 2.37. The van der Waals surface area contributed by atoms with Crippen LogP contribution >= 0.6 is 0 Å². The van der Waals surface area contributed by atoms with Crippen molar-refractivity contribution in [1.29, 1.82) is 0 Å². The predicted octanol–water partition coefficient (Wildman–Crippen LogP) is 8.58. The molecule has 3 aromatic rings. The smallest absolute Gasteiger partial charge is 0.358 e. The molecule has 0 aliphatic heterocycles. The first kappa shape index (κ1) is 25.4. The minimum absolute atomic E-state index is 0. The second-order valence-corrected chi connectivity index (χ2v) is 8.19. The van der Waals surface area contributed by atoms with Crippen LogP contribution < -0.4 is 0 Å². The molecule has 0 bridgehead atoms. The first-order chi connectivity index (χ1) is 12.3. The summed E-state index contributed by atoms with van der Waals surface area (Å²) in [4.78, 5) is 0. The Morgan fingerprint density at radius 2 is 1.38 bits per heavy atom. The Bertz CT molecular complexity index is 1070. The maximum atomic E-state index is 2.37. The van der Waals surface area contributed by atoms with E-state index in [-0.39, 0.29) is 46.5 Å². The fraction of sp³-hybridized carbons (Fsp3) is 0.250. The second-order valence-electron chi connectivity index (χ2n) is 8.19. The Hall–Kier alpha value is -1.59. The van der Waals surface area contributed by atoms with Gasteiger partial charge < -0.3 is 14.9 Å². The molecule has 1 aliphatic carbocycles. The number of fused-ring (bicyclic) bond motifs is 1. The van der Waals surface area contributed by atoms with E-state index in [1.807, 2.05) is 0 Å². The molecule has 0 aromatic heterocycles. The molecule has 4 rings (SSSR count). The molecule has 149 valence electrons. The molecule has 0 unspecified atom stereocenters. The summed E-state index contributed by atoms with van der Waals surface area (Å²) < 4.78 is 0. The van der Waals surface area contributed by atoms with E-state index in [0.717, 1.165) is 0 Å². The molecule has 0 nitrogen and oxygen atoms in total. The molecule has 1 aliphatic rings. The van der Waals surface area contributed by atoms with E-state index in [1.54, 1.807) is 0 Å². The van der Waals surface area contributed by atoms with Gasteiger partial charge in [-0.2, -0.15) is 0 Å². The Morgan fingerprint density at radius 1 is 0.759 bits per heavy atom. The van der Waals surface area contributed by atoms with Gasteiger partial charge in [0, 0.05) is 5.41 Å². The van der Waals surface area contributed by atoms with Crippen molar-refractivity contribution < 1.29 is 26.2 Å². The quantitative estimate of drug-likeness (QED) is 0.336. The van der Waals surface area contributed by atoms with Crippen LogP contribution in [0, 0.1) is 27.2 Å². The average molecular weight is 461 g/mol. The molecular weight excluding hydrogens is 428 g/mol. The summed E-state index contributed by atoms with van der Waals surface area (Å²) in [6.07, 6.45) is 0. The summed E-state index contributed by atoms with van der Waals surface area (Å²) in [6.45, 7) is 13.9. The van der Waals surface area contributed by atoms with Crippen molar-refractivity contribution in [2.24, 2.45) is 5.41 Å². The van der Waals surface area contributed by atoms with Crippen LogP contribution in [0.15, 0.2) is 71.3 Å². The van der Waals surface area contributed by atoms with Crippen LogP contribution in [0.25, 0.3) is 27.5 Å². The predicted molar refractivity (Wildman–Crippen MR) is 127 cm³/mol. The fourth-order valence-corrected chi connectivity index (χ4v) is 4.77. The van der Waals surface area contributed by atoms with E-state index < -0.39 is 0 Å². The van der Waals surface area contributed by atoms with Gasteiger partial charge in [0.2, 0.25) is 0 Å². The standard InChI is InChI=1S/C26H27.2CH3.Zr/c1-16-17(2)25(26(5,6)19(16)4)22-14-10-13-21-15-23(18(3)24(21)22)20-11-8-7-9-12-20;;;/h7-15H,1-6H3;2*1H3;/q3*-1;+3. The molecule has 0 heterocycles. The minimum Gasteiger partial charge on any atom is -0.358 e. The van der Waals surface area contributed by atoms with Gasteiger partial charge in [-0.1, -0.05) is 79.9 Å². The van der Waals surface area contributed by atoms with Crippen LogP contribution in [-0.2, 0) is 26.2 Å². The molecule has 3 aromatic carbocycles. The van der Waals surface area contributed by atoms with Gasteiger partial charge in [0.1, 0.15) is 0 Å². The van der Waals surface area contributed by atoms with Crippen LogP contribution in [0.2, 0.25) is 0 Å². The largest absolute Gasteiger partial charge is 3.00 e. The molecule has 0 amide bonds. The van der Waals surface area contributed by atoms with Gasteiger partial charge in [0.25, 0.3) is 0 Å². The Kier molecular flexibility index (Phi) is 7.94. The van der Waals surface area contributed by atoms with Gasteiger partial charge in [0.15, 0.2) is 0 Å². The minimum atomic E-state index is 0. The third kappa shape index (κ3) is 3.79. The molecule has 1 heteroatoms. The number of hydrogen-bond acceptors (Lipinski definition) is 0. The summed E-state index contributed by atoms with van der Waals surface area (Å²) in [5, 5.41) is 2.76. The molecule has 1 radical (unpaired) electrons. The van der Waals surface area contributed by atoms with Gasteiger partial charge in [-0.05, 0) is 37.5 Å². The van der Waals surface area contributed by atoms with Crippen molar-refractivity contribution in [3.05, 3.63) is 97.3 Å². The molecular formula is C28H33Zr. The first-order valence-corrected chi connectivity index (χ1v) is 9.48. The number of hydrogen-bond donors (Lipinski definition) is 0. The van der Waals surface area contributed by atoms with Crippen LogP contribution in [0.4, 0.5) is 0 Å². The van der Waals surface area contributed by atoms with E-state index in [1.165, 1.54) is 55.3 Å². The van der Waals surface area contributed by atoms with Gasteiger partial charge in [-0.15, -0.1) is 34.0 Å². The molecule has 0 fully saturated rings. The van der Waals surface area contributed by atoms with E-state index >= 15 is 0 Å². The summed E-state index contributed by atoms with van der Waals surface area (Å²) in [5.74, 6) is 0. The zero-order chi connectivity index (χ0) is 18.6. The zero-order valence-electron chi connectivity index (χ0n) is 19.2. The van der Waals surface area contributed by atoms with Gasteiger partial charge in [0.05, 0.1) is 0 Å². The van der Waals surface area contributed by atoms with E-state index in [0.29, 0.717) is 0 Å². The molecule has 0 saturated carbocycles. The van der Waals surface area contributed by atoms with E-state index in [2.05, 4.69) is 96.1 Å². The molecule has 0 spiro atoms. The number of rotatable bonds is 2. The van der Waals surface area contributed by atoms with Gasteiger partial charge in [-0.3, -0.25) is 0 Å². The normalized spacial score (nSPS) is 15.1.